The van der Waals surface area contributed by atoms with Crippen molar-refractivity contribution in [3.05, 3.63) is 42.7 Å². The molecule has 0 amide bonds. The van der Waals surface area contributed by atoms with Gasteiger partial charge in [-0.05, 0) is 37.4 Å². The van der Waals surface area contributed by atoms with Crippen LogP contribution in [0.4, 0.5) is 5.69 Å². The van der Waals surface area contributed by atoms with Crippen molar-refractivity contribution in [2.45, 2.75) is 18.9 Å². The van der Waals surface area contributed by atoms with Crippen molar-refractivity contribution in [1.82, 2.24) is 10.3 Å². The first-order valence-electron chi connectivity index (χ1n) is 8.55. The van der Waals surface area contributed by atoms with Gasteiger partial charge >= 0.3 is 0 Å². The lowest BCUT2D eigenvalue weighted by molar-refractivity contribution is 0.360. The molecular weight excluding hydrogens is 302 g/mol. The molecule has 5 heteroatoms. The van der Waals surface area contributed by atoms with Gasteiger partial charge in [-0.1, -0.05) is 6.07 Å². The van der Waals surface area contributed by atoms with Gasteiger partial charge < -0.3 is 19.7 Å². The maximum absolute atomic E-state index is 5.97. The Balaban J connectivity index is 1.53. The van der Waals surface area contributed by atoms with Gasteiger partial charge in [0.05, 0.1) is 25.2 Å². The van der Waals surface area contributed by atoms with Crippen LogP contribution in [0.15, 0.2) is 42.7 Å². The number of benzene rings is 1. The van der Waals surface area contributed by atoms with Crippen molar-refractivity contribution in [3.63, 3.8) is 0 Å². The molecule has 1 N–H and O–H groups in total. The van der Waals surface area contributed by atoms with Crippen molar-refractivity contribution in [2.75, 3.05) is 31.6 Å². The molecular formula is C19H23N3O2. The average Bonchev–Trinajstić information content (AvgIpc) is 2.96. The van der Waals surface area contributed by atoms with Gasteiger partial charge in [-0.2, -0.15) is 0 Å². The molecule has 126 valence electrons. The zero-order valence-electron chi connectivity index (χ0n) is 13.9. The molecule has 0 spiro atoms. The lowest BCUT2D eigenvalue weighted by Gasteiger charge is -2.24. The summed E-state index contributed by atoms with van der Waals surface area (Å²) in [4.78, 5) is 6.82. The van der Waals surface area contributed by atoms with Crippen molar-refractivity contribution >= 4 is 5.69 Å². The molecule has 2 bridgehead atoms. The van der Waals surface area contributed by atoms with E-state index in [9.17, 15) is 0 Å². The Bertz CT molecular complexity index is 685. The number of anilines is 1. The van der Waals surface area contributed by atoms with Crippen LogP contribution in [0.25, 0.3) is 0 Å². The lowest BCUT2D eigenvalue weighted by Crippen LogP contribution is -2.39. The maximum Gasteiger partial charge on any atom is 0.147 e. The van der Waals surface area contributed by atoms with Crippen LogP contribution in [0.5, 0.6) is 17.2 Å². The predicted octanol–water partition coefficient (Wildman–Crippen LogP) is 3.07. The molecule has 3 aliphatic heterocycles. The van der Waals surface area contributed by atoms with Crippen molar-refractivity contribution in [2.24, 2.45) is 5.92 Å². The quantitative estimate of drug-likeness (QED) is 0.936. The molecule has 5 nitrogen and oxygen atoms in total. The molecule has 3 saturated heterocycles. The fourth-order valence-electron chi connectivity index (χ4n) is 3.59. The number of aromatic nitrogens is 1. The molecule has 2 unspecified atom stereocenters. The van der Waals surface area contributed by atoms with Crippen LogP contribution in [0.1, 0.15) is 12.8 Å². The Labute approximate surface area is 142 Å². The lowest BCUT2D eigenvalue weighted by atomic mass is 9.97. The van der Waals surface area contributed by atoms with Gasteiger partial charge in [0, 0.05) is 31.3 Å². The number of rotatable bonds is 4. The number of methoxy groups -OCH3 is 1. The van der Waals surface area contributed by atoms with E-state index in [1.807, 2.05) is 30.5 Å². The first-order valence-corrected chi connectivity index (χ1v) is 8.55. The van der Waals surface area contributed by atoms with E-state index in [1.165, 1.54) is 12.8 Å². The van der Waals surface area contributed by atoms with Crippen LogP contribution in [-0.4, -0.2) is 37.8 Å². The largest absolute Gasteiger partial charge is 0.497 e. The highest BCUT2D eigenvalue weighted by atomic mass is 16.5. The maximum atomic E-state index is 5.97. The molecule has 5 rings (SSSR count). The van der Waals surface area contributed by atoms with Crippen LogP contribution >= 0.6 is 0 Å². The zero-order chi connectivity index (χ0) is 16.4. The van der Waals surface area contributed by atoms with Crippen LogP contribution in [-0.2, 0) is 0 Å². The summed E-state index contributed by atoms with van der Waals surface area (Å²) in [7, 11) is 1.66. The molecule has 0 aliphatic carbocycles. The smallest absolute Gasteiger partial charge is 0.147 e. The Morgan fingerprint density at radius 1 is 1.08 bits per heavy atom. The van der Waals surface area contributed by atoms with Gasteiger partial charge in [0.15, 0.2) is 0 Å². The number of ether oxygens (including phenoxy) is 2. The topological polar surface area (TPSA) is 46.6 Å². The SMILES string of the molecule is COc1cccc(Oc2cncc(N3CC4CCC(C3)NC4)c2)c1. The summed E-state index contributed by atoms with van der Waals surface area (Å²) in [6, 6.07) is 10.3. The van der Waals surface area contributed by atoms with Gasteiger partial charge in [0.2, 0.25) is 0 Å². The van der Waals surface area contributed by atoms with E-state index < -0.39 is 0 Å². The summed E-state index contributed by atoms with van der Waals surface area (Å²) in [5.74, 6) is 3.02. The number of hydrogen-bond acceptors (Lipinski definition) is 5. The minimum atomic E-state index is 0.590. The summed E-state index contributed by atoms with van der Waals surface area (Å²) in [6.07, 6.45) is 6.28. The van der Waals surface area contributed by atoms with E-state index in [2.05, 4.69) is 21.3 Å². The number of fused-ring (bicyclic) bond motifs is 4. The molecule has 3 aliphatic rings. The minimum Gasteiger partial charge on any atom is -0.497 e. The Hall–Kier alpha value is -2.27. The summed E-state index contributed by atoms with van der Waals surface area (Å²) >= 11 is 0. The highest BCUT2D eigenvalue weighted by molar-refractivity contribution is 5.50. The van der Waals surface area contributed by atoms with Crippen LogP contribution in [0.2, 0.25) is 0 Å². The molecule has 0 radical (unpaired) electrons. The average molecular weight is 325 g/mol. The molecule has 2 atom stereocenters. The minimum absolute atomic E-state index is 0.590. The number of piperidine rings is 1. The third-order valence-electron chi connectivity index (χ3n) is 4.88. The normalized spacial score (nSPS) is 23.0. The standard InChI is InChI=1S/C19H23N3O2/c1-23-17-3-2-4-18(8-17)24-19-7-16(10-20-11-19)22-12-14-5-6-15(13-22)21-9-14/h2-4,7-8,10-11,14-15,21H,5-6,9,12-13H2,1H3. The number of nitrogens with zero attached hydrogens (tertiary/aromatic N) is 2. The van der Waals surface area contributed by atoms with Gasteiger partial charge in [-0.3, -0.25) is 4.98 Å². The summed E-state index contributed by atoms with van der Waals surface area (Å²) in [5, 5.41) is 3.64. The summed E-state index contributed by atoms with van der Waals surface area (Å²) in [5.41, 5.74) is 1.14. The Morgan fingerprint density at radius 2 is 2.00 bits per heavy atom. The van der Waals surface area contributed by atoms with Crippen LogP contribution in [0.3, 0.4) is 0 Å². The van der Waals surface area contributed by atoms with E-state index in [4.69, 9.17) is 9.47 Å². The van der Waals surface area contributed by atoms with Gasteiger partial charge in [-0.25, -0.2) is 0 Å². The van der Waals surface area contributed by atoms with E-state index >= 15 is 0 Å². The van der Waals surface area contributed by atoms with E-state index in [0.29, 0.717) is 6.04 Å². The molecule has 3 fully saturated rings. The van der Waals surface area contributed by atoms with Crippen molar-refractivity contribution in [1.29, 1.82) is 0 Å². The first-order chi connectivity index (χ1) is 11.8. The fraction of sp³-hybridized carbons (Fsp3) is 0.421. The summed E-state index contributed by atoms with van der Waals surface area (Å²) < 4.78 is 11.2. The van der Waals surface area contributed by atoms with E-state index in [-0.39, 0.29) is 0 Å². The van der Waals surface area contributed by atoms with Crippen molar-refractivity contribution in [3.8, 4) is 17.2 Å². The molecule has 24 heavy (non-hydrogen) atoms. The second-order valence-electron chi connectivity index (χ2n) is 6.61. The monoisotopic (exact) mass is 325 g/mol. The Morgan fingerprint density at radius 3 is 2.83 bits per heavy atom. The number of pyridine rings is 1. The first kappa shape index (κ1) is 15.3. The Kier molecular flexibility index (Phi) is 4.26. The predicted molar refractivity (Wildman–Crippen MR) is 94.0 cm³/mol. The van der Waals surface area contributed by atoms with E-state index in [1.54, 1.807) is 13.3 Å². The summed E-state index contributed by atoms with van der Waals surface area (Å²) in [6.45, 7) is 3.27. The number of hydrogen-bond donors (Lipinski definition) is 1. The second kappa shape index (κ2) is 6.69. The van der Waals surface area contributed by atoms with Gasteiger partial charge in [0.25, 0.3) is 0 Å². The van der Waals surface area contributed by atoms with Crippen molar-refractivity contribution < 1.29 is 9.47 Å². The van der Waals surface area contributed by atoms with Crippen LogP contribution < -0.4 is 19.7 Å². The highest BCUT2D eigenvalue weighted by Gasteiger charge is 2.29. The fourth-order valence-corrected chi connectivity index (χ4v) is 3.59. The van der Waals surface area contributed by atoms with Crippen LogP contribution in [0, 0.1) is 5.92 Å². The number of nitrogens with one attached hydrogen (secondary N) is 1. The van der Waals surface area contributed by atoms with Gasteiger partial charge in [-0.15, -0.1) is 0 Å². The highest BCUT2D eigenvalue weighted by Crippen LogP contribution is 2.30. The van der Waals surface area contributed by atoms with Gasteiger partial charge in [0.1, 0.15) is 17.2 Å². The second-order valence-corrected chi connectivity index (χ2v) is 6.61. The third-order valence-corrected chi connectivity index (χ3v) is 4.88. The molecule has 1 aromatic carbocycles. The molecule has 4 heterocycles. The molecule has 2 aromatic rings. The molecule has 1 aromatic heterocycles. The molecule has 0 saturated carbocycles. The van der Waals surface area contributed by atoms with E-state index in [0.717, 1.165) is 48.5 Å². The zero-order valence-corrected chi connectivity index (χ0v) is 13.9. The third kappa shape index (κ3) is 3.31.